The van der Waals surface area contributed by atoms with Crippen LogP contribution in [0.3, 0.4) is 0 Å². The molecule has 0 atom stereocenters. The van der Waals surface area contributed by atoms with Gasteiger partial charge in [0.25, 0.3) is 12.4 Å². The Morgan fingerprint density at radius 2 is 1.65 bits per heavy atom. The summed E-state index contributed by atoms with van der Waals surface area (Å²) in [5, 5.41) is 9.04. The van der Waals surface area contributed by atoms with E-state index in [-0.39, 0.29) is 12.4 Å². The van der Waals surface area contributed by atoms with Gasteiger partial charge in [-0.1, -0.05) is 48.5 Å². The van der Waals surface area contributed by atoms with Gasteiger partial charge in [-0.3, -0.25) is 14.5 Å². The van der Waals surface area contributed by atoms with Crippen LogP contribution in [0.5, 0.6) is 5.75 Å². The third-order valence-electron chi connectivity index (χ3n) is 5.87. The molecule has 0 spiro atoms. The third-order valence-corrected chi connectivity index (χ3v) is 6.13. The number of carbonyl (C=O) groups is 2. The Hall–Kier alpha value is -3.09. The molecule has 1 heterocycles. The van der Waals surface area contributed by atoms with Crippen LogP contribution >= 0.6 is 11.6 Å². The van der Waals surface area contributed by atoms with Crippen LogP contribution in [0.15, 0.2) is 66.7 Å². The summed E-state index contributed by atoms with van der Waals surface area (Å²) >= 11 is 5.68. The minimum atomic E-state index is -0.250. The topological polar surface area (TPSA) is 70.1 Å². The van der Waals surface area contributed by atoms with E-state index in [2.05, 4.69) is 29.2 Å². The minimum Gasteiger partial charge on any atom is -0.494 e. The standard InChI is InChI=1S/C26H29ClN2O2.CH2O2/c27-14-4-20-31-23-11-9-21(10-12-23)13-15-28-16-18-29(19-17-28)26(30)25-8-3-6-22-5-1-2-7-24(22)25;2-1-3/h1-3,5-12H,4,13-20H2;1H,(H,2,3). The van der Waals surface area contributed by atoms with Crippen LogP contribution in [0.4, 0.5) is 0 Å². The van der Waals surface area contributed by atoms with E-state index in [0.29, 0.717) is 12.5 Å². The number of carbonyl (C=O) groups excluding carboxylic acids is 1. The maximum atomic E-state index is 13.1. The van der Waals surface area contributed by atoms with Crippen molar-refractivity contribution in [2.24, 2.45) is 0 Å². The molecule has 0 saturated carbocycles. The van der Waals surface area contributed by atoms with Crippen molar-refractivity contribution >= 4 is 34.8 Å². The Labute approximate surface area is 205 Å². The molecule has 1 N–H and O–H groups in total. The molecule has 34 heavy (non-hydrogen) atoms. The number of piperazine rings is 1. The predicted octanol–water partition coefficient (Wildman–Crippen LogP) is 4.55. The van der Waals surface area contributed by atoms with E-state index in [1.807, 2.05) is 47.4 Å². The van der Waals surface area contributed by atoms with Gasteiger partial charge in [-0.2, -0.15) is 0 Å². The van der Waals surface area contributed by atoms with E-state index in [9.17, 15) is 4.79 Å². The van der Waals surface area contributed by atoms with Gasteiger partial charge in [-0.15, -0.1) is 11.6 Å². The molecule has 0 radical (unpaired) electrons. The number of hydrogen-bond donors (Lipinski definition) is 1. The molecule has 3 aromatic rings. The molecule has 3 aromatic carbocycles. The number of halogens is 1. The van der Waals surface area contributed by atoms with Crippen LogP contribution in [-0.2, 0) is 11.2 Å². The molecule has 0 unspecified atom stereocenters. The van der Waals surface area contributed by atoms with Crippen molar-refractivity contribution < 1.29 is 19.4 Å². The molecule has 0 aliphatic carbocycles. The van der Waals surface area contributed by atoms with Gasteiger partial charge < -0.3 is 14.7 Å². The molecule has 1 aliphatic heterocycles. The second kappa shape index (κ2) is 13.6. The lowest BCUT2D eigenvalue weighted by Gasteiger charge is -2.35. The summed E-state index contributed by atoms with van der Waals surface area (Å²) in [6.45, 7) is 4.78. The number of rotatable bonds is 8. The van der Waals surface area contributed by atoms with Crippen LogP contribution in [0.25, 0.3) is 10.8 Å². The van der Waals surface area contributed by atoms with E-state index < -0.39 is 0 Å². The zero-order valence-corrected chi connectivity index (χ0v) is 20.0. The van der Waals surface area contributed by atoms with Crippen LogP contribution in [0.2, 0.25) is 0 Å². The lowest BCUT2D eigenvalue weighted by atomic mass is 10.0. The number of amides is 1. The number of nitrogens with zero attached hydrogens (tertiary/aromatic N) is 2. The average Bonchev–Trinajstić information content (AvgIpc) is 2.88. The zero-order chi connectivity index (χ0) is 24.2. The predicted molar refractivity (Wildman–Crippen MR) is 136 cm³/mol. The molecule has 4 rings (SSSR count). The summed E-state index contributed by atoms with van der Waals surface area (Å²) in [5.74, 6) is 1.66. The first-order valence-corrected chi connectivity index (χ1v) is 12.0. The molecule has 1 fully saturated rings. The smallest absolute Gasteiger partial charge is 0.290 e. The number of benzene rings is 3. The zero-order valence-electron chi connectivity index (χ0n) is 19.2. The fraction of sp³-hybridized carbons (Fsp3) is 0.333. The van der Waals surface area contributed by atoms with Gasteiger partial charge >= 0.3 is 0 Å². The summed E-state index contributed by atoms with van der Waals surface area (Å²) < 4.78 is 5.66. The fourth-order valence-electron chi connectivity index (χ4n) is 4.04. The van der Waals surface area contributed by atoms with Crippen molar-refractivity contribution in [3.8, 4) is 5.75 Å². The fourth-order valence-corrected chi connectivity index (χ4v) is 4.15. The van der Waals surface area contributed by atoms with E-state index in [4.69, 9.17) is 26.2 Å². The number of ether oxygens (including phenoxy) is 1. The summed E-state index contributed by atoms with van der Waals surface area (Å²) in [7, 11) is 0. The van der Waals surface area contributed by atoms with E-state index in [1.165, 1.54) is 5.56 Å². The number of alkyl halides is 1. The highest BCUT2D eigenvalue weighted by Gasteiger charge is 2.23. The normalized spacial score (nSPS) is 13.7. The van der Waals surface area contributed by atoms with Gasteiger partial charge in [0.1, 0.15) is 5.75 Å². The van der Waals surface area contributed by atoms with Crippen LogP contribution in [-0.4, -0.2) is 72.5 Å². The lowest BCUT2D eigenvalue weighted by Crippen LogP contribution is -2.49. The summed E-state index contributed by atoms with van der Waals surface area (Å²) in [5.41, 5.74) is 2.11. The Morgan fingerprint density at radius 3 is 2.35 bits per heavy atom. The number of hydrogen-bond acceptors (Lipinski definition) is 4. The van der Waals surface area contributed by atoms with Gasteiger partial charge in [0.2, 0.25) is 0 Å². The highest BCUT2D eigenvalue weighted by molar-refractivity contribution is 6.17. The van der Waals surface area contributed by atoms with Crippen LogP contribution < -0.4 is 4.74 Å². The van der Waals surface area contributed by atoms with Gasteiger partial charge in [0.15, 0.2) is 0 Å². The molecule has 0 aromatic heterocycles. The third kappa shape index (κ3) is 7.20. The van der Waals surface area contributed by atoms with E-state index >= 15 is 0 Å². The van der Waals surface area contributed by atoms with Gasteiger partial charge in [0, 0.05) is 44.2 Å². The highest BCUT2D eigenvalue weighted by Crippen LogP contribution is 2.21. The molecule has 0 bridgehead atoms. The first kappa shape index (κ1) is 25.5. The average molecular weight is 483 g/mol. The molecular weight excluding hydrogens is 452 g/mol. The van der Waals surface area contributed by atoms with Gasteiger partial charge in [-0.25, -0.2) is 0 Å². The Balaban J connectivity index is 0.00000103. The van der Waals surface area contributed by atoms with Gasteiger partial charge in [-0.05, 0) is 47.4 Å². The largest absolute Gasteiger partial charge is 0.494 e. The molecule has 1 saturated heterocycles. The lowest BCUT2D eigenvalue weighted by molar-refractivity contribution is -0.122. The maximum Gasteiger partial charge on any atom is 0.290 e. The van der Waals surface area contributed by atoms with Crippen molar-refractivity contribution in [2.45, 2.75) is 12.8 Å². The Bertz CT molecular complexity index is 1040. The second-order valence-electron chi connectivity index (χ2n) is 8.05. The summed E-state index contributed by atoms with van der Waals surface area (Å²) in [6, 6.07) is 22.4. The second-order valence-corrected chi connectivity index (χ2v) is 8.43. The van der Waals surface area contributed by atoms with E-state index in [1.54, 1.807) is 0 Å². The van der Waals surface area contributed by atoms with Crippen molar-refractivity contribution in [3.63, 3.8) is 0 Å². The van der Waals surface area contributed by atoms with Crippen molar-refractivity contribution in [2.75, 3.05) is 45.2 Å². The highest BCUT2D eigenvalue weighted by atomic mass is 35.5. The first-order valence-electron chi connectivity index (χ1n) is 11.5. The molecule has 180 valence electrons. The van der Waals surface area contributed by atoms with E-state index in [0.717, 1.165) is 67.7 Å². The number of carboxylic acid groups (broad SMARTS) is 1. The SMILES string of the molecule is O=C(c1cccc2ccccc12)N1CCN(CCc2ccc(OCCCCl)cc2)CC1.O=CO. The Kier molecular flexibility index (Phi) is 10.2. The molecule has 1 aliphatic rings. The molecule has 6 nitrogen and oxygen atoms in total. The van der Waals surface area contributed by atoms with Crippen molar-refractivity contribution in [1.29, 1.82) is 0 Å². The summed E-state index contributed by atoms with van der Waals surface area (Å²) in [6.07, 6.45) is 1.86. The molecule has 7 heteroatoms. The minimum absolute atomic E-state index is 0.140. The maximum absolute atomic E-state index is 13.1. The number of fused-ring (bicyclic) bond motifs is 1. The Morgan fingerprint density at radius 1 is 0.971 bits per heavy atom. The first-order chi connectivity index (χ1) is 16.7. The monoisotopic (exact) mass is 482 g/mol. The van der Waals surface area contributed by atoms with Crippen LogP contribution in [0.1, 0.15) is 22.3 Å². The summed E-state index contributed by atoms with van der Waals surface area (Å²) in [4.78, 5) is 25.9. The molecule has 1 amide bonds. The van der Waals surface area contributed by atoms with Crippen LogP contribution in [0, 0.1) is 0 Å². The van der Waals surface area contributed by atoms with Crippen molar-refractivity contribution in [3.05, 3.63) is 77.9 Å². The quantitative estimate of drug-likeness (QED) is 0.290. The van der Waals surface area contributed by atoms with Gasteiger partial charge in [0.05, 0.1) is 6.61 Å². The molecular formula is C27H31ClN2O4. The van der Waals surface area contributed by atoms with Crippen molar-refractivity contribution in [1.82, 2.24) is 9.80 Å².